The first-order chi connectivity index (χ1) is 14.9. The number of nitrogens with one attached hydrogen (secondary N) is 1. The highest BCUT2D eigenvalue weighted by Crippen LogP contribution is 2.41. The SMILES string of the molecule is COc1cc(-c2cccc(OC)c2OC)[nH]c1/C=C/C1=[N+](C)c2ccccc2C1(C)C. The van der Waals surface area contributed by atoms with Crippen LogP contribution >= 0.6 is 0 Å². The Balaban J connectivity index is 1.74. The van der Waals surface area contributed by atoms with E-state index in [1.807, 2.05) is 24.3 Å². The van der Waals surface area contributed by atoms with Gasteiger partial charge >= 0.3 is 0 Å². The molecule has 1 aliphatic heterocycles. The van der Waals surface area contributed by atoms with E-state index in [2.05, 4.69) is 66.9 Å². The normalized spacial score (nSPS) is 14.8. The smallest absolute Gasteiger partial charge is 0.209 e. The number of nitrogens with zero attached hydrogens (tertiary/aromatic N) is 1. The van der Waals surface area contributed by atoms with Gasteiger partial charge in [-0.1, -0.05) is 24.3 Å². The standard InChI is InChI=1S/C26H28N2O3/c1-26(2)18-11-7-8-12-21(18)28(3)24(26)15-14-19-23(30-5)16-20(27-19)17-10-9-13-22(29-4)25(17)31-6/h7-16H,1-6H3/p+1. The van der Waals surface area contributed by atoms with Crippen LogP contribution in [0.4, 0.5) is 5.69 Å². The molecule has 0 atom stereocenters. The van der Waals surface area contributed by atoms with Crippen molar-refractivity contribution in [3.8, 4) is 28.5 Å². The van der Waals surface area contributed by atoms with Crippen molar-refractivity contribution >= 4 is 17.5 Å². The molecule has 2 heterocycles. The van der Waals surface area contributed by atoms with Crippen LogP contribution < -0.4 is 14.2 Å². The second-order valence-corrected chi connectivity index (χ2v) is 8.13. The molecule has 31 heavy (non-hydrogen) atoms. The van der Waals surface area contributed by atoms with Crippen LogP contribution in [0.1, 0.15) is 25.1 Å². The summed E-state index contributed by atoms with van der Waals surface area (Å²) >= 11 is 0. The largest absolute Gasteiger partial charge is 0.494 e. The van der Waals surface area contributed by atoms with Crippen molar-refractivity contribution < 1.29 is 18.8 Å². The fraction of sp³-hybridized carbons (Fsp3) is 0.269. The van der Waals surface area contributed by atoms with E-state index < -0.39 is 0 Å². The number of fused-ring (bicyclic) bond motifs is 1. The molecular weight excluding hydrogens is 388 g/mol. The molecule has 4 rings (SSSR count). The average Bonchev–Trinajstić information content (AvgIpc) is 3.28. The number of aromatic amines is 1. The van der Waals surface area contributed by atoms with E-state index in [-0.39, 0.29) is 5.41 Å². The lowest BCUT2D eigenvalue weighted by molar-refractivity contribution is -0.401. The first-order valence-corrected chi connectivity index (χ1v) is 10.3. The van der Waals surface area contributed by atoms with Gasteiger partial charge in [-0.15, -0.1) is 0 Å². The minimum absolute atomic E-state index is 0.0828. The molecular formula is C26H29N2O3+. The Morgan fingerprint density at radius 2 is 1.61 bits per heavy atom. The summed E-state index contributed by atoms with van der Waals surface area (Å²) in [7, 11) is 7.09. The molecule has 5 nitrogen and oxygen atoms in total. The number of methoxy groups -OCH3 is 3. The second-order valence-electron chi connectivity index (χ2n) is 8.13. The van der Waals surface area contributed by atoms with Gasteiger partial charge in [-0.3, -0.25) is 0 Å². The number of hydrogen-bond acceptors (Lipinski definition) is 3. The van der Waals surface area contributed by atoms with E-state index in [1.165, 1.54) is 17.0 Å². The average molecular weight is 418 g/mol. The van der Waals surface area contributed by atoms with Crippen molar-refractivity contribution in [2.24, 2.45) is 0 Å². The number of hydrogen-bond donors (Lipinski definition) is 1. The highest BCUT2D eigenvalue weighted by atomic mass is 16.5. The summed E-state index contributed by atoms with van der Waals surface area (Å²) in [6.07, 6.45) is 4.25. The third-order valence-electron chi connectivity index (χ3n) is 6.07. The predicted molar refractivity (Wildman–Crippen MR) is 125 cm³/mol. The van der Waals surface area contributed by atoms with Crippen molar-refractivity contribution in [2.75, 3.05) is 28.4 Å². The molecule has 0 saturated heterocycles. The molecule has 1 aromatic heterocycles. The molecule has 0 aliphatic carbocycles. The quantitative estimate of drug-likeness (QED) is 0.544. The van der Waals surface area contributed by atoms with Crippen molar-refractivity contribution in [2.45, 2.75) is 19.3 Å². The van der Waals surface area contributed by atoms with Crippen LogP contribution in [0.25, 0.3) is 17.3 Å². The van der Waals surface area contributed by atoms with Crippen molar-refractivity contribution in [3.05, 3.63) is 65.9 Å². The lowest BCUT2D eigenvalue weighted by atomic mass is 9.81. The fourth-order valence-electron chi connectivity index (χ4n) is 4.45. The molecule has 2 aromatic carbocycles. The molecule has 0 unspecified atom stereocenters. The van der Waals surface area contributed by atoms with Crippen molar-refractivity contribution in [1.29, 1.82) is 0 Å². The van der Waals surface area contributed by atoms with Gasteiger partial charge in [0.15, 0.2) is 17.2 Å². The zero-order chi connectivity index (χ0) is 22.2. The molecule has 160 valence electrons. The van der Waals surface area contributed by atoms with Gasteiger partial charge in [-0.2, -0.15) is 4.58 Å². The highest BCUT2D eigenvalue weighted by molar-refractivity contribution is 6.05. The summed E-state index contributed by atoms with van der Waals surface area (Å²) in [6.45, 7) is 4.51. The zero-order valence-electron chi connectivity index (χ0n) is 18.9. The maximum atomic E-state index is 5.66. The maximum Gasteiger partial charge on any atom is 0.209 e. The first kappa shape index (κ1) is 20.8. The third-order valence-corrected chi connectivity index (χ3v) is 6.07. The van der Waals surface area contributed by atoms with Gasteiger partial charge in [0.1, 0.15) is 12.8 Å². The molecule has 0 radical (unpaired) electrons. The van der Waals surface area contributed by atoms with Crippen LogP contribution in [0.3, 0.4) is 0 Å². The first-order valence-electron chi connectivity index (χ1n) is 10.3. The molecule has 0 spiro atoms. The zero-order valence-corrected chi connectivity index (χ0v) is 18.9. The number of allylic oxidation sites excluding steroid dienone is 1. The van der Waals surface area contributed by atoms with Crippen molar-refractivity contribution in [1.82, 2.24) is 4.98 Å². The van der Waals surface area contributed by atoms with E-state index in [1.54, 1.807) is 21.3 Å². The summed E-state index contributed by atoms with van der Waals surface area (Å²) < 4.78 is 19.0. The van der Waals surface area contributed by atoms with E-state index in [0.717, 1.165) is 22.7 Å². The van der Waals surface area contributed by atoms with Gasteiger partial charge < -0.3 is 19.2 Å². The number of aromatic nitrogens is 1. The number of para-hydroxylation sites is 2. The molecule has 5 heteroatoms. The van der Waals surface area contributed by atoms with Crippen LogP contribution in [-0.4, -0.2) is 43.6 Å². The van der Waals surface area contributed by atoms with Crippen LogP contribution in [-0.2, 0) is 5.41 Å². The molecule has 0 amide bonds. The summed E-state index contributed by atoms with van der Waals surface area (Å²) in [5.74, 6) is 2.15. The summed E-state index contributed by atoms with van der Waals surface area (Å²) in [6, 6.07) is 16.4. The van der Waals surface area contributed by atoms with Gasteiger partial charge in [0, 0.05) is 29.3 Å². The lowest BCUT2D eigenvalue weighted by Gasteiger charge is -2.15. The number of ether oxygens (including phenoxy) is 3. The van der Waals surface area contributed by atoms with E-state index >= 15 is 0 Å². The Hall–Kier alpha value is -3.47. The van der Waals surface area contributed by atoms with Crippen LogP contribution in [0.2, 0.25) is 0 Å². The molecule has 0 fully saturated rings. The molecule has 0 bridgehead atoms. The maximum absolute atomic E-state index is 5.66. The van der Waals surface area contributed by atoms with E-state index in [9.17, 15) is 0 Å². The number of rotatable bonds is 6. The highest BCUT2D eigenvalue weighted by Gasteiger charge is 2.42. The van der Waals surface area contributed by atoms with E-state index in [0.29, 0.717) is 11.5 Å². The Kier molecular flexibility index (Phi) is 5.36. The summed E-state index contributed by atoms with van der Waals surface area (Å²) in [5, 5.41) is 0. The molecule has 1 aliphatic rings. The Labute approximate surface area is 183 Å². The van der Waals surface area contributed by atoms with Crippen molar-refractivity contribution in [3.63, 3.8) is 0 Å². The van der Waals surface area contributed by atoms with E-state index in [4.69, 9.17) is 14.2 Å². The Bertz CT molecular complexity index is 1190. The van der Waals surface area contributed by atoms with Gasteiger partial charge in [0.25, 0.3) is 0 Å². The molecule has 1 N–H and O–H groups in total. The predicted octanol–water partition coefficient (Wildman–Crippen LogP) is 5.43. The lowest BCUT2D eigenvalue weighted by Crippen LogP contribution is -2.26. The second kappa shape index (κ2) is 7.99. The van der Waals surface area contributed by atoms with Crippen LogP contribution in [0, 0.1) is 0 Å². The van der Waals surface area contributed by atoms with Gasteiger partial charge in [0.2, 0.25) is 5.69 Å². The van der Waals surface area contributed by atoms with Gasteiger partial charge in [0.05, 0.1) is 38.1 Å². The van der Waals surface area contributed by atoms with Crippen LogP contribution in [0.5, 0.6) is 17.2 Å². The molecule has 3 aromatic rings. The number of benzene rings is 2. The minimum atomic E-state index is -0.0828. The summed E-state index contributed by atoms with van der Waals surface area (Å²) in [5.41, 5.74) is 6.43. The Morgan fingerprint density at radius 3 is 2.29 bits per heavy atom. The monoisotopic (exact) mass is 417 g/mol. The third kappa shape index (κ3) is 3.40. The number of H-pyrrole nitrogens is 1. The van der Waals surface area contributed by atoms with Crippen LogP contribution in [0.15, 0.2) is 54.6 Å². The topological polar surface area (TPSA) is 46.5 Å². The summed E-state index contributed by atoms with van der Waals surface area (Å²) in [4.78, 5) is 3.48. The fourth-order valence-corrected chi connectivity index (χ4v) is 4.45. The van der Waals surface area contributed by atoms with Gasteiger partial charge in [-0.25, -0.2) is 0 Å². The molecule has 0 saturated carbocycles. The minimum Gasteiger partial charge on any atom is -0.494 e. The Morgan fingerprint density at radius 1 is 0.871 bits per heavy atom. The van der Waals surface area contributed by atoms with Gasteiger partial charge in [-0.05, 0) is 32.1 Å².